The van der Waals surface area contributed by atoms with Crippen LogP contribution in [-0.2, 0) is 28.4 Å². The summed E-state index contributed by atoms with van der Waals surface area (Å²) in [4.78, 5) is 43.0. The van der Waals surface area contributed by atoms with E-state index in [-0.39, 0.29) is 41.7 Å². The van der Waals surface area contributed by atoms with Crippen molar-refractivity contribution in [3.8, 4) is 28.1 Å². The third-order valence-electron chi connectivity index (χ3n) is 9.33. The number of carbonyl (C=O) groups excluding carboxylic acids is 2. The Morgan fingerprint density at radius 1 is 1.00 bits per heavy atom. The molecule has 2 aromatic carbocycles. The average Bonchev–Trinajstić information content (AvgIpc) is 3.45. The fraction of sp³-hybridized carbons (Fsp3) is 0.333. The van der Waals surface area contributed by atoms with E-state index in [0.717, 1.165) is 0 Å². The number of guanidine groups is 1. The number of hydrogen-bond acceptors (Lipinski definition) is 11. The molecule has 4 N–H and O–H groups in total. The number of aryl methyl sites for hydroxylation is 1. The Morgan fingerprint density at radius 3 is 2.30 bits per heavy atom. The number of halogens is 6. The van der Waals surface area contributed by atoms with Gasteiger partial charge in [-0.05, 0) is 72.2 Å². The summed E-state index contributed by atoms with van der Waals surface area (Å²) in [7, 11) is 1.39. The van der Waals surface area contributed by atoms with Crippen LogP contribution in [0.3, 0.4) is 0 Å². The van der Waals surface area contributed by atoms with Crippen LogP contribution < -0.4 is 20.7 Å². The molecule has 21 heteroatoms. The van der Waals surface area contributed by atoms with Crippen molar-refractivity contribution < 1.29 is 50.1 Å². The molecule has 2 atom stereocenters. The third kappa shape index (κ3) is 8.72. The molecule has 2 aliphatic rings. The lowest BCUT2D eigenvalue weighted by molar-refractivity contribution is -0.143. The normalized spacial score (nSPS) is 17.7. The number of morpholine rings is 1. The smallest absolute Gasteiger partial charge is 0.416 e. The minimum absolute atomic E-state index is 0.0105. The van der Waals surface area contributed by atoms with Crippen molar-refractivity contribution >= 4 is 23.9 Å². The van der Waals surface area contributed by atoms with Gasteiger partial charge in [0.05, 0.1) is 49.7 Å². The second-order valence-corrected chi connectivity index (χ2v) is 13.0. The van der Waals surface area contributed by atoms with Crippen LogP contribution >= 0.6 is 0 Å². The van der Waals surface area contributed by atoms with Crippen LogP contribution in [0.5, 0.6) is 5.88 Å². The van der Waals surface area contributed by atoms with Gasteiger partial charge in [0.1, 0.15) is 6.10 Å². The van der Waals surface area contributed by atoms with E-state index in [1.54, 1.807) is 31.3 Å². The van der Waals surface area contributed by atoms with Crippen LogP contribution in [0.4, 0.5) is 37.1 Å². The van der Waals surface area contributed by atoms with E-state index < -0.39 is 53.2 Å². The van der Waals surface area contributed by atoms with Crippen molar-refractivity contribution in [1.82, 2.24) is 25.2 Å². The Kier molecular flexibility index (Phi) is 11.3. The van der Waals surface area contributed by atoms with Gasteiger partial charge in [-0.3, -0.25) is 15.0 Å². The Balaban J connectivity index is 1.39. The number of aromatic nitrogens is 3. The molecule has 2 amide bonds. The highest BCUT2D eigenvalue weighted by molar-refractivity contribution is 6.05. The average molecular weight is 801 g/mol. The van der Waals surface area contributed by atoms with E-state index in [9.17, 15) is 35.9 Å². The van der Waals surface area contributed by atoms with Gasteiger partial charge in [-0.25, -0.2) is 19.7 Å². The second-order valence-electron chi connectivity index (χ2n) is 13.0. The molecule has 2 fully saturated rings. The van der Waals surface area contributed by atoms with Gasteiger partial charge < -0.3 is 24.8 Å². The molecule has 0 aliphatic carbocycles. The predicted molar refractivity (Wildman–Crippen MR) is 190 cm³/mol. The maximum Gasteiger partial charge on any atom is 0.416 e. The van der Waals surface area contributed by atoms with Gasteiger partial charge in [-0.1, -0.05) is 11.2 Å². The number of nitrogens with zero attached hydrogens (tertiary/aromatic N) is 7. The Labute approximate surface area is 320 Å². The summed E-state index contributed by atoms with van der Waals surface area (Å²) in [6.45, 7) is 4.61. The van der Waals surface area contributed by atoms with Crippen LogP contribution in [0.15, 0.2) is 65.2 Å². The van der Waals surface area contributed by atoms with E-state index in [4.69, 9.17) is 30.5 Å². The standard InChI is InChI=1S/C36H34F6N10O5/c1-18-10-20(30(53)48-32(43)49-50-44)4-5-25(18)22-13-26(31(55-3)45-15-22)27-16-46-33(51-6-8-56-9-7-51)47-28(27)17-52-19(2)29(57-34(52)54)21-11-23(35(37,38)39)14-24(12-21)36(40,41)42/h4-5,10-16,19,29H,6-9,17H2,1-3H3,(H4,43,44,48,49,53)/t19-,29-/m0/s1. The van der Waals surface area contributed by atoms with Crippen molar-refractivity contribution in [2.45, 2.75) is 44.9 Å². The molecule has 57 heavy (non-hydrogen) atoms. The number of carbonyl (C=O) groups is 2. The molecule has 4 aromatic rings. The first kappa shape index (κ1) is 40.3. The monoisotopic (exact) mass is 800 g/mol. The summed E-state index contributed by atoms with van der Waals surface area (Å²) < 4.78 is 98.9. The summed E-state index contributed by atoms with van der Waals surface area (Å²) in [6.07, 6.45) is -9.63. The summed E-state index contributed by atoms with van der Waals surface area (Å²) in [6, 6.07) is 6.60. The van der Waals surface area contributed by atoms with Crippen LogP contribution in [0.2, 0.25) is 0 Å². The van der Waals surface area contributed by atoms with Gasteiger partial charge in [0.2, 0.25) is 17.8 Å². The SMILES string of the molecule is COc1ncc(-c2ccc(C(=O)N/C(N)=N/N=N)cc2C)cc1-c1cnc(N2CCOCC2)nc1CN1C(=O)O[C@H](c2cc(C(F)(F)F)cc(C(F)(F)F)c2)[C@@H]1C. The number of ether oxygens (including phenoxy) is 3. The van der Waals surface area contributed by atoms with Gasteiger partial charge in [0, 0.05) is 47.7 Å². The fourth-order valence-electron chi connectivity index (χ4n) is 6.48. The van der Waals surface area contributed by atoms with Crippen molar-refractivity contribution in [3.63, 3.8) is 0 Å². The van der Waals surface area contributed by atoms with Crippen molar-refractivity contribution in [3.05, 3.63) is 88.4 Å². The number of hydrogen-bond donors (Lipinski definition) is 3. The molecular formula is C36H34F6N10O5. The van der Waals surface area contributed by atoms with Crippen LogP contribution in [0.25, 0.3) is 22.3 Å². The summed E-state index contributed by atoms with van der Waals surface area (Å²) in [5.74, 6) is -0.520. The first-order chi connectivity index (χ1) is 27.0. The molecule has 2 aliphatic heterocycles. The van der Waals surface area contributed by atoms with Crippen molar-refractivity contribution in [2.24, 2.45) is 16.1 Å². The maximum atomic E-state index is 13.7. The lowest BCUT2D eigenvalue weighted by Gasteiger charge is -2.28. The Bertz CT molecular complexity index is 2200. The van der Waals surface area contributed by atoms with E-state index in [1.807, 2.05) is 4.90 Å². The van der Waals surface area contributed by atoms with Gasteiger partial charge in [0.15, 0.2) is 0 Å². The van der Waals surface area contributed by atoms with E-state index >= 15 is 0 Å². The lowest BCUT2D eigenvalue weighted by Crippen LogP contribution is -2.38. The molecule has 300 valence electrons. The minimum atomic E-state index is -5.10. The van der Waals surface area contributed by atoms with E-state index in [2.05, 4.69) is 25.6 Å². The molecule has 2 saturated heterocycles. The van der Waals surface area contributed by atoms with Crippen molar-refractivity contribution in [2.75, 3.05) is 38.3 Å². The first-order valence-electron chi connectivity index (χ1n) is 17.1. The summed E-state index contributed by atoms with van der Waals surface area (Å²) in [5.41, 5.74) is 11.9. The number of anilines is 1. The largest absolute Gasteiger partial charge is 0.481 e. The second kappa shape index (κ2) is 16.0. The number of benzene rings is 2. The molecule has 0 bridgehead atoms. The van der Waals surface area contributed by atoms with Gasteiger partial charge in [-0.2, -0.15) is 31.9 Å². The Morgan fingerprint density at radius 2 is 1.68 bits per heavy atom. The minimum Gasteiger partial charge on any atom is -0.481 e. The highest BCUT2D eigenvalue weighted by Gasteiger charge is 2.44. The highest BCUT2D eigenvalue weighted by Crippen LogP contribution is 2.42. The number of amides is 2. The fourth-order valence-corrected chi connectivity index (χ4v) is 6.48. The number of nitrogens with two attached hydrogens (primary N) is 1. The molecule has 4 heterocycles. The quantitative estimate of drug-likeness (QED) is 0.0556. The molecule has 2 aromatic heterocycles. The van der Waals surface area contributed by atoms with Gasteiger partial charge in [-0.15, -0.1) is 0 Å². The highest BCUT2D eigenvalue weighted by atomic mass is 19.4. The van der Waals surface area contributed by atoms with E-state index in [0.29, 0.717) is 66.3 Å². The number of alkyl halides is 6. The number of methoxy groups -OCH3 is 1. The third-order valence-corrected chi connectivity index (χ3v) is 9.33. The van der Waals surface area contributed by atoms with Crippen LogP contribution in [-0.4, -0.2) is 77.3 Å². The summed E-state index contributed by atoms with van der Waals surface area (Å²) in [5, 5.41) is 8.37. The molecule has 0 unspecified atom stereocenters. The molecule has 6 rings (SSSR count). The number of pyridine rings is 1. The zero-order valence-corrected chi connectivity index (χ0v) is 30.4. The first-order valence-corrected chi connectivity index (χ1v) is 17.1. The van der Waals surface area contributed by atoms with Gasteiger partial charge >= 0.3 is 18.4 Å². The lowest BCUT2D eigenvalue weighted by atomic mass is 9.96. The number of rotatable bonds is 9. The molecule has 0 saturated carbocycles. The topological polar surface area (TPSA) is 194 Å². The zero-order valence-electron chi connectivity index (χ0n) is 30.4. The van der Waals surface area contributed by atoms with Crippen LogP contribution in [0, 0.1) is 12.5 Å². The van der Waals surface area contributed by atoms with Crippen molar-refractivity contribution in [1.29, 1.82) is 5.53 Å². The maximum absolute atomic E-state index is 13.7. The molecule has 0 spiro atoms. The zero-order chi connectivity index (χ0) is 41.2. The molecule has 0 radical (unpaired) electrons. The van der Waals surface area contributed by atoms with Crippen LogP contribution in [0.1, 0.15) is 51.3 Å². The molecule has 15 nitrogen and oxygen atoms in total. The number of nitrogens with one attached hydrogen (secondary N) is 2. The molecular weight excluding hydrogens is 766 g/mol. The van der Waals surface area contributed by atoms with E-state index in [1.165, 1.54) is 31.2 Å². The van der Waals surface area contributed by atoms with Gasteiger partial charge in [0.25, 0.3) is 5.91 Å². The number of cyclic esters (lactones) is 1. The summed E-state index contributed by atoms with van der Waals surface area (Å²) >= 11 is 0. The predicted octanol–water partition coefficient (Wildman–Crippen LogP) is 6.47. The Hall–Kier alpha value is -6.38.